The van der Waals surface area contributed by atoms with E-state index in [0.29, 0.717) is 11.3 Å². The Kier molecular flexibility index (Phi) is 4.77. The van der Waals surface area contributed by atoms with E-state index in [-0.39, 0.29) is 17.4 Å². The second-order valence-corrected chi connectivity index (χ2v) is 7.04. The predicted molar refractivity (Wildman–Crippen MR) is 84.7 cm³/mol. The summed E-state index contributed by atoms with van der Waals surface area (Å²) in [7, 11) is 0. The van der Waals surface area contributed by atoms with Crippen LogP contribution in [0.15, 0.2) is 10.5 Å². The van der Waals surface area contributed by atoms with E-state index in [0.717, 1.165) is 38.2 Å². The molecule has 2 rings (SSSR count). The quantitative estimate of drug-likeness (QED) is 0.931. The standard InChI is InChI=1S/C17H28N2O2/c1-6-19-9-7-8-13(11-19)18-16(20)14-10-15(17(3,4)5)21-12(14)2/h10,13H,6-9,11H2,1-5H3,(H,18,20). The van der Waals surface area contributed by atoms with Gasteiger partial charge in [0.2, 0.25) is 0 Å². The van der Waals surface area contributed by atoms with Gasteiger partial charge in [-0.15, -0.1) is 0 Å². The van der Waals surface area contributed by atoms with Crippen molar-refractivity contribution in [1.82, 2.24) is 10.2 Å². The van der Waals surface area contributed by atoms with E-state index in [1.807, 2.05) is 13.0 Å². The first-order chi connectivity index (χ1) is 9.81. The summed E-state index contributed by atoms with van der Waals surface area (Å²) in [6.45, 7) is 13.4. The third kappa shape index (κ3) is 3.88. The van der Waals surface area contributed by atoms with Crippen LogP contribution in [0.5, 0.6) is 0 Å². The number of aryl methyl sites for hydroxylation is 1. The first kappa shape index (κ1) is 16.1. The number of furan rings is 1. The van der Waals surface area contributed by atoms with Gasteiger partial charge in [0.1, 0.15) is 11.5 Å². The van der Waals surface area contributed by atoms with Gasteiger partial charge < -0.3 is 14.6 Å². The molecule has 118 valence electrons. The third-order valence-electron chi connectivity index (χ3n) is 4.19. The van der Waals surface area contributed by atoms with E-state index in [9.17, 15) is 4.79 Å². The zero-order valence-electron chi connectivity index (χ0n) is 14.0. The molecule has 0 spiro atoms. The Hall–Kier alpha value is -1.29. The van der Waals surface area contributed by atoms with Crippen LogP contribution >= 0.6 is 0 Å². The van der Waals surface area contributed by atoms with Crippen molar-refractivity contribution in [3.63, 3.8) is 0 Å². The normalized spacial score (nSPS) is 20.5. The number of carbonyl (C=O) groups excluding carboxylic acids is 1. The van der Waals surface area contributed by atoms with E-state index in [1.54, 1.807) is 0 Å². The zero-order chi connectivity index (χ0) is 15.6. The van der Waals surface area contributed by atoms with Crippen molar-refractivity contribution in [2.75, 3.05) is 19.6 Å². The SMILES string of the molecule is CCN1CCCC(NC(=O)c2cc(C(C)(C)C)oc2C)C1. The molecule has 2 heterocycles. The van der Waals surface area contributed by atoms with Gasteiger partial charge in [-0.05, 0) is 38.9 Å². The molecule has 1 fully saturated rings. The Morgan fingerprint density at radius 2 is 2.19 bits per heavy atom. The van der Waals surface area contributed by atoms with Crippen LogP contribution in [0.3, 0.4) is 0 Å². The molecule has 0 aliphatic carbocycles. The molecule has 21 heavy (non-hydrogen) atoms. The maximum Gasteiger partial charge on any atom is 0.255 e. The van der Waals surface area contributed by atoms with Crippen molar-refractivity contribution in [2.45, 2.75) is 58.9 Å². The van der Waals surface area contributed by atoms with Crippen LogP contribution in [0.2, 0.25) is 0 Å². The molecule has 1 aliphatic heterocycles. The molecule has 1 saturated heterocycles. The molecule has 1 aromatic heterocycles. The molecule has 0 bridgehead atoms. The predicted octanol–water partition coefficient (Wildman–Crippen LogP) is 3.10. The molecule has 0 aromatic carbocycles. The highest BCUT2D eigenvalue weighted by Gasteiger charge is 2.25. The number of nitrogens with one attached hydrogen (secondary N) is 1. The topological polar surface area (TPSA) is 45.5 Å². The Bertz CT molecular complexity index is 499. The Morgan fingerprint density at radius 3 is 2.76 bits per heavy atom. The number of rotatable bonds is 3. The number of likely N-dealkylation sites (N-methyl/N-ethyl adjacent to an activating group) is 1. The summed E-state index contributed by atoms with van der Waals surface area (Å²) in [6.07, 6.45) is 2.21. The molecule has 1 aliphatic rings. The largest absolute Gasteiger partial charge is 0.465 e. The summed E-state index contributed by atoms with van der Waals surface area (Å²) in [5, 5.41) is 3.16. The van der Waals surface area contributed by atoms with E-state index in [1.165, 1.54) is 0 Å². The maximum absolute atomic E-state index is 12.5. The number of hydrogen-bond acceptors (Lipinski definition) is 3. The minimum Gasteiger partial charge on any atom is -0.465 e. The van der Waals surface area contributed by atoms with Gasteiger partial charge in [0, 0.05) is 18.0 Å². The lowest BCUT2D eigenvalue weighted by Gasteiger charge is -2.32. The number of likely N-dealkylation sites (tertiary alicyclic amines) is 1. The molecular formula is C17H28N2O2. The molecule has 1 atom stereocenters. The van der Waals surface area contributed by atoms with Crippen molar-refractivity contribution in [3.05, 3.63) is 23.2 Å². The molecular weight excluding hydrogens is 264 g/mol. The smallest absolute Gasteiger partial charge is 0.255 e. The summed E-state index contributed by atoms with van der Waals surface area (Å²) >= 11 is 0. The van der Waals surface area contributed by atoms with Crippen LogP contribution < -0.4 is 5.32 Å². The highest BCUT2D eigenvalue weighted by molar-refractivity contribution is 5.95. The van der Waals surface area contributed by atoms with Crippen LogP contribution in [-0.2, 0) is 5.41 Å². The monoisotopic (exact) mass is 292 g/mol. The summed E-state index contributed by atoms with van der Waals surface area (Å²) in [4.78, 5) is 14.9. The van der Waals surface area contributed by atoms with Crippen molar-refractivity contribution in [2.24, 2.45) is 0 Å². The molecule has 1 amide bonds. The summed E-state index contributed by atoms with van der Waals surface area (Å²) in [5.74, 6) is 1.57. The van der Waals surface area contributed by atoms with Crippen molar-refractivity contribution in [3.8, 4) is 0 Å². The molecule has 1 aromatic rings. The first-order valence-corrected chi connectivity index (χ1v) is 7.95. The average molecular weight is 292 g/mol. The fourth-order valence-electron chi connectivity index (χ4n) is 2.80. The number of carbonyl (C=O) groups is 1. The van der Waals surface area contributed by atoms with Crippen LogP contribution in [0.1, 0.15) is 62.4 Å². The number of amides is 1. The molecule has 0 saturated carbocycles. The van der Waals surface area contributed by atoms with Crippen molar-refractivity contribution >= 4 is 5.91 Å². The Morgan fingerprint density at radius 1 is 1.48 bits per heavy atom. The van der Waals surface area contributed by atoms with Gasteiger partial charge in [0.05, 0.1) is 5.56 Å². The molecule has 1 N–H and O–H groups in total. The second-order valence-electron chi connectivity index (χ2n) is 7.04. The van der Waals surface area contributed by atoms with E-state index in [2.05, 4.69) is 37.9 Å². The van der Waals surface area contributed by atoms with Gasteiger partial charge in [0.15, 0.2) is 0 Å². The van der Waals surface area contributed by atoms with Gasteiger partial charge in [-0.3, -0.25) is 4.79 Å². The second kappa shape index (κ2) is 6.22. The lowest BCUT2D eigenvalue weighted by molar-refractivity contribution is 0.0904. The summed E-state index contributed by atoms with van der Waals surface area (Å²) in [6, 6.07) is 2.14. The summed E-state index contributed by atoms with van der Waals surface area (Å²) < 4.78 is 5.76. The fourth-order valence-corrected chi connectivity index (χ4v) is 2.80. The number of piperidine rings is 1. The molecule has 4 heteroatoms. The molecule has 0 radical (unpaired) electrons. The van der Waals surface area contributed by atoms with E-state index in [4.69, 9.17) is 4.42 Å². The van der Waals surface area contributed by atoms with Crippen LogP contribution in [-0.4, -0.2) is 36.5 Å². The van der Waals surface area contributed by atoms with Gasteiger partial charge in [-0.25, -0.2) is 0 Å². The Balaban J connectivity index is 2.05. The highest BCUT2D eigenvalue weighted by atomic mass is 16.3. The number of nitrogens with zero attached hydrogens (tertiary/aromatic N) is 1. The van der Waals surface area contributed by atoms with Crippen LogP contribution in [0.25, 0.3) is 0 Å². The minimum atomic E-state index is -0.0763. The molecule has 1 unspecified atom stereocenters. The van der Waals surface area contributed by atoms with Gasteiger partial charge in [0.25, 0.3) is 5.91 Å². The minimum absolute atomic E-state index is 0.00490. The first-order valence-electron chi connectivity index (χ1n) is 7.95. The van der Waals surface area contributed by atoms with Crippen LogP contribution in [0, 0.1) is 6.92 Å². The van der Waals surface area contributed by atoms with Crippen molar-refractivity contribution < 1.29 is 9.21 Å². The van der Waals surface area contributed by atoms with E-state index < -0.39 is 0 Å². The van der Waals surface area contributed by atoms with Gasteiger partial charge >= 0.3 is 0 Å². The van der Waals surface area contributed by atoms with Gasteiger partial charge in [-0.2, -0.15) is 0 Å². The zero-order valence-corrected chi connectivity index (χ0v) is 14.0. The average Bonchev–Trinajstić information content (AvgIpc) is 2.81. The lowest BCUT2D eigenvalue weighted by Crippen LogP contribution is -2.47. The molecule has 4 nitrogen and oxygen atoms in total. The van der Waals surface area contributed by atoms with E-state index >= 15 is 0 Å². The Labute approximate surface area is 127 Å². The summed E-state index contributed by atoms with van der Waals surface area (Å²) in [5.41, 5.74) is 0.598. The van der Waals surface area contributed by atoms with Crippen LogP contribution in [0.4, 0.5) is 0 Å². The lowest BCUT2D eigenvalue weighted by atomic mass is 9.93. The van der Waals surface area contributed by atoms with Gasteiger partial charge in [-0.1, -0.05) is 27.7 Å². The van der Waals surface area contributed by atoms with Crippen molar-refractivity contribution in [1.29, 1.82) is 0 Å². The number of hydrogen-bond donors (Lipinski definition) is 1. The highest BCUT2D eigenvalue weighted by Crippen LogP contribution is 2.27. The maximum atomic E-state index is 12.5. The third-order valence-corrected chi connectivity index (χ3v) is 4.19. The fraction of sp³-hybridized carbons (Fsp3) is 0.706.